The van der Waals surface area contributed by atoms with E-state index in [2.05, 4.69) is 16.4 Å². The lowest BCUT2D eigenvalue weighted by Gasteiger charge is -2.27. The number of amides is 1. The Morgan fingerprint density at radius 3 is 2.87 bits per heavy atom. The molecule has 3 nitrogen and oxygen atoms in total. The van der Waals surface area contributed by atoms with Crippen LogP contribution in [0.3, 0.4) is 0 Å². The molecule has 1 fully saturated rings. The zero-order chi connectivity index (χ0) is 10.3. The van der Waals surface area contributed by atoms with E-state index in [0.29, 0.717) is 6.42 Å². The molecule has 74 valence electrons. The van der Waals surface area contributed by atoms with E-state index in [0.717, 1.165) is 10.9 Å². The highest BCUT2D eigenvalue weighted by Crippen LogP contribution is 2.29. The van der Waals surface area contributed by atoms with Gasteiger partial charge in [0.05, 0.1) is 12.5 Å². The second-order valence-electron chi connectivity index (χ2n) is 3.77. The Labute approximate surface area is 87.1 Å². The molecule has 0 saturated carbocycles. The summed E-state index contributed by atoms with van der Waals surface area (Å²) in [6, 6.07) is 8.25. The monoisotopic (exact) mass is 198 g/mol. The molecule has 1 aliphatic heterocycles. The average Bonchev–Trinajstić information content (AvgIpc) is 2.24. The van der Waals surface area contributed by atoms with Crippen molar-refractivity contribution in [3.8, 4) is 0 Å². The molecular weight excluding hydrogens is 188 g/mol. The number of fused-ring (bicyclic) bond motifs is 1. The molecule has 2 aromatic rings. The summed E-state index contributed by atoms with van der Waals surface area (Å²) < 4.78 is 0. The molecule has 1 aromatic heterocycles. The standard InChI is InChI=1S/C12H10N2O/c15-12-5-11(14-12)10-7-13-6-8-3-1-2-4-9(8)10/h1-4,6-7,11H,5H2,(H,14,15). The number of carbonyl (C=O) groups is 1. The predicted octanol–water partition coefficient (Wildman–Crippen LogP) is 1.80. The lowest BCUT2D eigenvalue weighted by Crippen LogP contribution is -2.41. The number of nitrogens with zero attached hydrogens (tertiary/aromatic N) is 1. The van der Waals surface area contributed by atoms with Gasteiger partial charge in [0.2, 0.25) is 5.91 Å². The summed E-state index contributed by atoms with van der Waals surface area (Å²) in [6.07, 6.45) is 4.27. The van der Waals surface area contributed by atoms with E-state index in [-0.39, 0.29) is 11.9 Å². The molecule has 3 rings (SSSR count). The van der Waals surface area contributed by atoms with Gasteiger partial charge >= 0.3 is 0 Å². The summed E-state index contributed by atoms with van der Waals surface area (Å²) in [5, 5.41) is 5.17. The summed E-state index contributed by atoms with van der Waals surface area (Å²) >= 11 is 0. The first kappa shape index (κ1) is 8.41. The van der Waals surface area contributed by atoms with Crippen LogP contribution in [-0.2, 0) is 4.79 Å². The number of rotatable bonds is 1. The Hall–Kier alpha value is -1.90. The molecule has 3 heteroatoms. The van der Waals surface area contributed by atoms with Crippen LogP contribution in [0, 0.1) is 0 Å². The summed E-state index contributed by atoms with van der Waals surface area (Å²) in [5.74, 6) is 0.118. The van der Waals surface area contributed by atoms with E-state index in [4.69, 9.17) is 0 Å². The summed E-state index contributed by atoms with van der Waals surface area (Å²) in [7, 11) is 0. The molecule has 1 aromatic carbocycles. The number of nitrogens with one attached hydrogen (secondary N) is 1. The third kappa shape index (κ3) is 1.28. The first-order valence-corrected chi connectivity index (χ1v) is 4.96. The minimum Gasteiger partial charge on any atom is -0.349 e. The maximum Gasteiger partial charge on any atom is 0.222 e. The normalized spacial score (nSPS) is 19.7. The van der Waals surface area contributed by atoms with E-state index in [9.17, 15) is 4.79 Å². The third-order valence-corrected chi connectivity index (χ3v) is 2.80. The molecule has 1 unspecified atom stereocenters. The minimum absolute atomic E-state index is 0.118. The van der Waals surface area contributed by atoms with Crippen molar-refractivity contribution < 1.29 is 4.79 Å². The van der Waals surface area contributed by atoms with Gasteiger partial charge < -0.3 is 5.32 Å². The molecule has 1 atom stereocenters. The quantitative estimate of drug-likeness (QED) is 0.710. The van der Waals surface area contributed by atoms with Crippen molar-refractivity contribution in [1.82, 2.24) is 10.3 Å². The predicted molar refractivity (Wildman–Crippen MR) is 57.2 cm³/mol. The summed E-state index contributed by atoms with van der Waals surface area (Å²) in [4.78, 5) is 15.1. The van der Waals surface area contributed by atoms with E-state index in [1.807, 2.05) is 30.6 Å². The fourth-order valence-corrected chi connectivity index (χ4v) is 1.96. The topological polar surface area (TPSA) is 42.0 Å². The smallest absolute Gasteiger partial charge is 0.222 e. The van der Waals surface area contributed by atoms with Crippen LogP contribution < -0.4 is 5.32 Å². The maximum absolute atomic E-state index is 10.9. The largest absolute Gasteiger partial charge is 0.349 e. The zero-order valence-electron chi connectivity index (χ0n) is 8.10. The van der Waals surface area contributed by atoms with E-state index >= 15 is 0 Å². The molecule has 1 amide bonds. The van der Waals surface area contributed by atoms with Crippen LogP contribution in [0.5, 0.6) is 0 Å². The van der Waals surface area contributed by atoms with Gasteiger partial charge in [-0.25, -0.2) is 0 Å². The number of benzene rings is 1. The van der Waals surface area contributed by atoms with Gasteiger partial charge in [0.15, 0.2) is 0 Å². The first-order valence-electron chi connectivity index (χ1n) is 4.96. The Kier molecular flexibility index (Phi) is 1.71. The van der Waals surface area contributed by atoms with Crippen molar-refractivity contribution in [2.75, 3.05) is 0 Å². The Balaban J connectivity index is 2.14. The number of aromatic nitrogens is 1. The first-order chi connectivity index (χ1) is 7.34. The fourth-order valence-electron chi connectivity index (χ4n) is 1.96. The van der Waals surface area contributed by atoms with E-state index < -0.39 is 0 Å². The number of hydrogen-bond donors (Lipinski definition) is 1. The van der Waals surface area contributed by atoms with Gasteiger partial charge in [0, 0.05) is 23.3 Å². The Morgan fingerprint density at radius 1 is 1.27 bits per heavy atom. The second kappa shape index (κ2) is 3.05. The van der Waals surface area contributed by atoms with Gasteiger partial charge in [0.25, 0.3) is 0 Å². The van der Waals surface area contributed by atoms with Gasteiger partial charge in [0.1, 0.15) is 0 Å². The van der Waals surface area contributed by atoms with Crippen molar-refractivity contribution in [1.29, 1.82) is 0 Å². The Bertz CT molecular complexity index is 523. The molecule has 0 aliphatic carbocycles. The van der Waals surface area contributed by atoms with Crippen LogP contribution in [0.15, 0.2) is 36.7 Å². The van der Waals surface area contributed by atoms with Gasteiger partial charge in [-0.15, -0.1) is 0 Å². The molecule has 1 saturated heterocycles. The molecule has 15 heavy (non-hydrogen) atoms. The van der Waals surface area contributed by atoms with Crippen LogP contribution >= 0.6 is 0 Å². The lowest BCUT2D eigenvalue weighted by molar-refractivity contribution is -0.128. The van der Waals surface area contributed by atoms with Gasteiger partial charge in [-0.05, 0) is 5.39 Å². The molecular formula is C12H10N2O. The van der Waals surface area contributed by atoms with E-state index in [1.165, 1.54) is 5.39 Å². The SMILES string of the molecule is O=C1CC(c2cncc3ccccc23)N1. The average molecular weight is 198 g/mol. The van der Waals surface area contributed by atoms with Crippen LogP contribution in [0.2, 0.25) is 0 Å². The zero-order valence-corrected chi connectivity index (χ0v) is 8.10. The number of β-lactam (4-membered cyclic amide) rings is 1. The maximum atomic E-state index is 10.9. The molecule has 0 bridgehead atoms. The van der Waals surface area contributed by atoms with Crippen molar-refractivity contribution in [3.63, 3.8) is 0 Å². The van der Waals surface area contributed by atoms with Crippen molar-refractivity contribution >= 4 is 16.7 Å². The Morgan fingerprint density at radius 2 is 2.07 bits per heavy atom. The van der Waals surface area contributed by atoms with Crippen LogP contribution in [0.25, 0.3) is 10.8 Å². The second-order valence-corrected chi connectivity index (χ2v) is 3.77. The fraction of sp³-hybridized carbons (Fsp3) is 0.167. The van der Waals surface area contributed by atoms with E-state index in [1.54, 1.807) is 0 Å². The van der Waals surface area contributed by atoms with Gasteiger partial charge in [-0.1, -0.05) is 24.3 Å². The van der Waals surface area contributed by atoms with Crippen molar-refractivity contribution in [3.05, 3.63) is 42.2 Å². The molecule has 0 radical (unpaired) electrons. The molecule has 0 spiro atoms. The highest BCUT2D eigenvalue weighted by Gasteiger charge is 2.27. The molecule has 1 aliphatic rings. The number of pyridine rings is 1. The number of carbonyl (C=O) groups excluding carboxylic acids is 1. The van der Waals surface area contributed by atoms with Gasteiger partial charge in [-0.2, -0.15) is 0 Å². The minimum atomic E-state index is 0.118. The number of hydrogen-bond acceptors (Lipinski definition) is 2. The van der Waals surface area contributed by atoms with Crippen molar-refractivity contribution in [2.24, 2.45) is 0 Å². The van der Waals surface area contributed by atoms with Crippen molar-refractivity contribution in [2.45, 2.75) is 12.5 Å². The molecule has 2 heterocycles. The van der Waals surface area contributed by atoms with Crippen LogP contribution in [0.4, 0.5) is 0 Å². The third-order valence-electron chi connectivity index (χ3n) is 2.80. The van der Waals surface area contributed by atoms with Crippen LogP contribution in [-0.4, -0.2) is 10.9 Å². The summed E-state index contributed by atoms with van der Waals surface area (Å²) in [6.45, 7) is 0. The summed E-state index contributed by atoms with van der Waals surface area (Å²) in [5.41, 5.74) is 1.12. The van der Waals surface area contributed by atoms with Gasteiger partial charge in [-0.3, -0.25) is 9.78 Å². The highest BCUT2D eigenvalue weighted by molar-refractivity contribution is 5.89. The lowest BCUT2D eigenvalue weighted by atomic mass is 9.94. The highest BCUT2D eigenvalue weighted by atomic mass is 16.2. The molecule has 1 N–H and O–H groups in total. The van der Waals surface area contributed by atoms with Crippen LogP contribution in [0.1, 0.15) is 18.0 Å².